The minimum Gasteiger partial charge on any atom is -0.315 e. The molecule has 0 aromatic heterocycles. The van der Waals surface area contributed by atoms with Gasteiger partial charge in [0, 0.05) is 6.04 Å². The van der Waals surface area contributed by atoms with Gasteiger partial charge in [0.1, 0.15) is 0 Å². The van der Waals surface area contributed by atoms with E-state index >= 15 is 0 Å². The molecule has 0 bridgehead atoms. The molecule has 0 saturated heterocycles. The van der Waals surface area contributed by atoms with Crippen LogP contribution in [0.2, 0.25) is 0 Å². The van der Waals surface area contributed by atoms with Crippen LogP contribution >= 0.6 is 0 Å². The molecule has 0 aliphatic carbocycles. The number of rotatable bonds is 8. The Bertz CT molecular complexity index is 373. The Morgan fingerprint density at radius 3 is 2.05 bits per heavy atom. The maximum Gasteiger partial charge on any atom is 0.00103 e. The average Bonchev–Trinajstić information content (AvgIpc) is 2.36. The molecular weight excluding hydrogens is 242 g/mol. The highest BCUT2D eigenvalue weighted by molar-refractivity contribution is 5.24. The van der Waals surface area contributed by atoms with E-state index in [2.05, 4.69) is 71.1 Å². The summed E-state index contributed by atoms with van der Waals surface area (Å²) in [4.78, 5) is 0. The second-order valence-electron chi connectivity index (χ2n) is 7.42. The summed E-state index contributed by atoms with van der Waals surface area (Å²) < 4.78 is 0. The van der Waals surface area contributed by atoms with Gasteiger partial charge in [-0.2, -0.15) is 0 Å². The lowest BCUT2D eigenvalue weighted by Gasteiger charge is -2.25. The highest BCUT2D eigenvalue weighted by Gasteiger charge is 2.17. The van der Waals surface area contributed by atoms with E-state index in [1.54, 1.807) is 0 Å². The molecule has 0 amide bonds. The van der Waals surface area contributed by atoms with Crippen LogP contribution in [-0.4, -0.2) is 12.6 Å². The molecule has 1 aromatic rings. The van der Waals surface area contributed by atoms with Crippen molar-refractivity contribution in [3.63, 3.8) is 0 Å². The van der Waals surface area contributed by atoms with E-state index in [1.165, 1.54) is 30.4 Å². The van der Waals surface area contributed by atoms with Gasteiger partial charge >= 0.3 is 0 Å². The first-order valence-corrected chi connectivity index (χ1v) is 8.12. The van der Waals surface area contributed by atoms with Crippen molar-refractivity contribution in [2.75, 3.05) is 6.54 Å². The quantitative estimate of drug-likeness (QED) is 0.691. The van der Waals surface area contributed by atoms with Crippen LogP contribution in [0.1, 0.15) is 71.4 Å². The Morgan fingerprint density at radius 1 is 0.950 bits per heavy atom. The number of hydrogen-bond donors (Lipinski definition) is 1. The molecule has 114 valence electrons. The van der Waals surface area contributed by atoms with Gasteiger partial charge in [0.15, 0.2) is 0 Å². The second-order valence-corrected chi connectivity index (χ2v) is 7.42. The smallest absolute Gasteiger partial charge is 0.00103 e. The predicted molar refractivity (Wildman–Crippen MR) is 90.4 cm³/mol. The molecule has 0 radical (unpaired) electrons. The summed E-state index contributed by atoms with van der Waals surface area (Å²) in [6.45, 7) is 14.8. The molecule has 0 atom stereocenters. The zero-order valence-corrected chi connectivity index (χ0v) is 14.3. The third kappa shape index (κ3) is 6.56. The van der Waals surface area contributed by atoms with Gasteiger partial charge in [0.25, 0.3) is 0 Å². The number of benzene rings is 1. The highest BCUT2D eigenvalue weighted by atomic mass is 14.9. The Balaban J connectivity index is 2.40. The molecule has 0 aliphatic rings. The van der Waals surface area contributed by atoms with Crippen LogP contribution in [0.15, 0.2) is 24.3 Å². The number of hydrogen-bond acceptors (Lipinski definition) is 1. The van der Waals surface area contributed by atoms with Crippen LogP contribution in [0.4, 0.5) is 0 Å². The van der Waals surface area contributed by atoms with Crippen LogP contribution in [0, 0.1) is 5.41 Å². The maximum absolute atomic E-state index is 3.52. The first-order chi connectivity index (χ1) is 9.30. The molecule has 0 fully saturated rings. The van der Waals surface area contributed by atoms with Crippen molar-refractivity contribution in [3.05, 3.63) is 35.4 Å². The summed E-state index contributed by atoms with van der Waals surface area (Å²) in [5, 5.41) is 3.52. The van der Waals surface area contributed by atoms with E-state index < -0.39 is 0 Å². The minimum absolute atomic E-state index is 0.415. The Kier molecular flexibility index (Phi) is 6.75. The van der Waals surface area contributed by atoms with Gasteiger partial charge in [0.2, 0.25) is 0 Å². The van der Waals surface area contributed by atoms with E-state index in [-0.39, 0.29) is 0 Å². The van der Waals surface area contributed by atoms with E-state index in [9.17, 15) is 0 Å². The molecule has 20 heavy (non-hydrogen) atoms. The predicted octanol–water partition coefficient (Wildman–Crippen LogP) is 5.16. The number of aryl methyl sites for hydroxylation is 1. The molecule has 1 rings (SSSR count). The largest absolute Gasteiger partial charge is 0.315 e. The lowest BCUT2D eigenvalue weighted by Crippen LogP contribution is -2.28. The van der Waals surface area contributed by atoms with Crippen LogP contribution in [0.5, 0.6) is 0 Å². The maximum atomic E-state index is 3.52. The first-order valence-electron chi connectivity index (χ1n) is 8.12. The summed E-state index contributed by atoms with van der Waals surface area (Å²) in [7, 11) is 0. The van der Waals surface area contributed by atoms with Crippen LogP contribution in [0.3, 0.4) is 0 Å². The molecule has 1 heteroatoms. The van der Waals surface area contributed by atoms with E-state index in [1.807, 2.05) is 0 Å². The van der Waals surface area contributed by atoms with Gasteiger partial charge in [-0.15, -0.1) is 0 Å². The van der Waals surface area contributed by atoms with Crippen molar-refractivity contribution in [1.82, 2.24) is 5.32 Å². The van der Waals surface area contributed by atoms with Gasteiger partial charge in [-0.25, -0.2) is 0 Å². The molecule has 1 N–H and O–H groups in total. The lowest BCUT2D eigenvalue weighted by atomic mass is 9.83. The van der Waals surface area contributed by atoms with Crippen molar-refractivity contribution in [1.29, 1.82) is 0 Å². The van der Waals surface area contributed by atoms with Crippen molar-refractivity contribution in [2.45, 2.75) is 72.8 Å². The fraction of sp³-hybridized carbons (Fsp3) is 0.684. The molecule has 1 nitrogen and oxygen atoms in total. The average molecular weight is 275 g/mol. The van der Waals surface area contributed by atoms with Gasteiger partial charge in [-0.3, -0.25) is 0 Å². The summed E-state index contributed by atoms with van der Waals surface area (Å²) in [6, 6.07) is 9.77. The van der Waals surface area contributed by atoms with Crippen LogP contribution < -0.4 is 5.32 Å². The third-order valence-corrected chi connectivity index (χ3v) is 4.09. The molecule has 0 saturated carbocycles. The van der Waals surface area contributed by atoms with Gasteiger partial charge in [-0.1, -0.05) is 65.8 Å². The zero-order chi connectivity index (χ0) is 15.2. The van der Waals surface area contributed by atoms with Crippen molar-refractivity contribution < 1.29 is 0 Å². The summed E-state index contributed by atoms with van der Waals surface area (Å²) >= 11 is 0. The van der Waals surface area contributed by atoms with Gasteiger partial charge in [0.05, 0.1) is 0 Å². The molecule has 0 heterocycles. The summed E-state index contributed by atoms with van der Waals surface area (Å²) in [5.74, 6) is 0.627. The molecule has 1 aromatic carbocycles. The van der Waals surface area contributed by atoms with Crippen molar-refractivity contribution in [2.24, 2.45) is 5.41 Å². The topological polar surface area (TPSA) is 12.0 Å². The first kappa shape index (κ1) is 17.2. The molecular formula is C19H33N. The zero-order valence-electron chi connectivity index (χ0n) is 14.3. The summed E-state index contributed by atoms with van der Waals surface area (Å²) in [6.07, 6.45) is 3.69. The Labute approximate surface area is 126 Å². The fourth-order valence-electron chi connectivity index (χ4n) is 2.38. The van der Waals surface area contributed by atoms with E-state index in [0.29, 0.717) is 17.4 Å². The Morgan fingerprint density at radius 2 is 1.55 bits per heavy atom. The molecule has 0 unspecified atom stereocenters. The van der Waals surface area contributed by atoms with Crippen molar-refractivity contribution >= 4 is 0 Å². The molecule has 0 spiro atoms. The molecule has 0 aliphatic heterocycles. The summed E-state index contributed by atoms with van der Waals surface area (Å²) in [5.41, 5.74) is 3.33. The minimum atomic E-state index is 0.415. The van der Waals surface area contributed by atoms with Gasteiger partial charge < -0.3 is 5.32 Å². The van der Waals surface area contributed by atoms with Crippen molar-refractivity contribution in [3.8, 4) is 0 Å². The highest BCUT2D eigenvalue weighted by Crippen LogP contribution is 2.27. The Hall–Kier alpha value is -0.820. The van der Waals surface area contributed by atoms with Crippen LogP contribution in [0.25, 0.3) is 0 Å². The normalized spacial score (nSPS) is 12.4. The van der Waals surface area contributed by atoms with Crippen LogP contribution in [-0.2, 0) is 6.42 Å². The monoisotopic (exact) mass is 275 g/mol. The SMILES string of the molecule is CC(C)NCCC(C)(C)CCc1ccc(C(C)C)cc1. The second kappa shape index (κ2) is 7.83. The van der Waals surface area contributed by atoms with Gasteiger partial charge in [-0.05, 0) is 48.3 Å². The lowest BCUT2D eigenvalue weighted by molar-refractivity contribution is 0.298. The number of nitrogens with one attached hydrogen (secondary N) is 1. The van der Waals surface area contributed by atoms with E-state index in [0.717, 1.165) is 6.54 Å². The van der Waals surface area contributed by atoms with E-state index in [4.69, 9.17) is 0 Å². The third-order valence-electron chi connectivity index (χ3n) is 4.09. The standard InChI is InChI=1S/C19H33N/c1-15(2)18-9-7-17(8-10-18)11-12-19(5,6)13-14-20-16(3)4/h7-10,15-16,20H,11-14H2,1-6H3. The fourth-order valence-corrected chi connectivity index (χ4v) is 2.38.